The number of carbonyl (C=O) groups excluding carboxylic acids is 3. The van der Waals surface area contributed by atoms with Gasteiger partial charge in [-0.25, -0.2) is 0 Å². The minimum Gasteiger partial charge on any atom is -0.497 e. The molecule has 2 fully saturated rings. The van der Waals surface area contributed by atoms with Gasteiger partial charge in [0.15, 0.2) is 0 Å². The molecule has 2 aliphatic heterocycles. The van der Waals surface area contributed by atoms with E-state index in [1.54, 1.807) is 18.2 Å². The van der Waals surface area contributed by atoms with Crippen LogP contribution in [0.1, 0.15) is 64.6 Å². The second kappa shape index (κ2) is 12.3. The van der Waals surface area contributed by atoms with E-state index in [-0.39, 0.29) is 36.3 Å². The van der Waals surface area contributed by atoms with Gasteiger partial charge in [-0.3, -0.25) is 14.4 Å². The molecule has 1 saturated carbocycles. The average molecular weight is 573 g/mol. The van der Waals surface area contributed by atoms with Crippen molar-refractivity contribution in [2.45, 2.75) is 56.9 Å². The van der Waals surface area contributed by atoms with E-state index < -0.39 is 0 Å². The highest BCUT2D eigenvalue weighted by atomic mass is 16.5. The van der Waals surface area contributed by atoms with Gasteiger partial charge in [0.05, 0.1) is 25.9 Å². The van der Waals surface area contributed by atoms with Crippen LogP contribution in [0.3, 0.4) is 0 Å². The summed E-state index contributed by atoms with van der Waals surface area (Å²) in [5.41, 5.74) is 2.00. The molecule has 1 aromatic heterocycles. The number of nitrogens with zero attached hydrogens (tertiary/aromatic N) is 2. The molecule has 3 aliphatic rings. The number of methoxy groups -OCH3 is 1. The molecule has 3 amide bonds. The highest BCUT2D eigenvalue weighted by molar-refractivity contribution is 5.95. The minimum atomic E-state index is -0.361. The van der Waals surface area contributed by atoms with E-state index in [0.29, 0.717) is 73.6 Å². The van der Waals surface area contributed by atoms with Gasteiger partial charge in [-0.15, -0.1) is 0 Å². The normalized spacial score (nSPS) is 21.6. The summed E-state index contributed by atoms with van der Waals surface area (Å²) in [4.78, 5) is 41.2. The zero-order chi connectivity index (χ0) is 29.1. The molecule has 3 aromatic rings. The quantitative estimate of drug-likeness (QED) is 0.490. The van der Waals surface area contributed by atoms with Crippen LogP contribution in [0.4, 0.5) is 0 Å². The van der Waals surface area contributed by atoms with E-state index in [1.807, 2.05) is 47.5 Å². The van der Waals surface area contributed by atoms with E-state index in [9.17, 15) is 14.4 Å². The number of ether oxygens (including phenoxy) is 3. The summed E-state index contributed by atoms with van der Waals surface area (Å²) in [6, 6.07) is 16.4. The first-order chi connectivity index (χ1) is 20.5. The molecule has 220 valence electrons. The third kappa shape index (κ3) is 6.44. The van der Waals surface area contributed by atoms with Gasteiger partial charge < -0.3 is 34.3 Å². The Hall–Kier alpha value is -4.31. The molecule has 0 unspecified atom stereocenters. The molecule has 1 saturated heterocycles. The Morgan fingerprint density at radius 3 is 2.74 bits per heavy atom. The van der Waals surface area contributed by atoms with Crippen LogP contribution < -0.4 is 20.1 Å². The van der Waals surface area contributed by atoms with Crippen molar-refractivity contribution in [3.8, 4) is 17.2 Å². The number of hydrogen-bond donors (Lipinski definition) is 2. The summed E-state index contributed by atoms with van der Waals surface area (Å²) in [7, 11) is 1.54. The lowest BCUT2D eigenvalue weighted by Gasteiger charge is -2.39. The lowest BCUT2D eigenvalue weighted by atomic mass is 10.0. The van der Waals surface area contributed by atoms with Gasteiger partial charge in [-0.05, 0) is 67.6 Å². The fourth-order valence-electron chi connectivity index (χ4n) is 5.61. The standard InChI is InChI=1S/C32H36N4O6/c1-40-25-16-22-17-26(18-25)42-24-6-2-5-21(15-24)20-41-29-11-14-35(32(39)28-7-4-13-36(28)23-9-10-23)19-27(29)34-30(37)8-3-12-33-31(22)38/h2,4-7,13,15-18,23,27,29H,3,8-12,14,19-20H2,1H3,(H,33,38)(H,34,37)/t27-,29-/m0/s1. The summed E-state index contributed by atoms with van der Waals surface area (Å²) in [5.74, 6) is 1.14. The van der Waals surface area contributed by atoms with E-state index in [4.69, 9.17) is 14.2 Å². The predicted molar refractivity (Wildman–Crippen MR) is 155 cm³/mol. The number of piperidine rings is 1. The van der Waals surface area contributed by atoms with E-state index in [0.717, 1.165) is 18.4 Å². The molecule has 0 radical (unpaired) electrons. The third-order valence-electron chi connectivity index (χ3n) is 7.96. The molecular formula is C32H36N4O6. The van der Waals surface area contributed by atoms with Crippen LogP contribution in [-0.4, -0.2) is 66.1 Å². The number of nitrogens with one attached hydrogen (secondary N) is 2. The van der Waals surface area contributed by atoms with Crippen molar-refractivity contribution in [2.24, 2.45) is 0 Å². The molecule has 3 heterocycles. The van der Waals surface area contributed by atoms with Crippen LogP contribution in [0.25, 0.3) is 0 Å². The predicted octanol–water partition coefficient (Wildman–Crippen LogP) is 4.06. The maximum absolute atomic E-state index is 13.5. The second-order valence-electron chi connectivity index (χ2n) is 11.1. The molecule has 2 atom stereocenters. The Balaban J connectivity index is 1.21. The largest absolute Gasteiger partial charge is 0.497 e. The van der Waals surface area contributed by atoms with E-state index in [1.165, 1.54) is 7.11 Å². The number of benzene rings is 2. The number of hydrogen-bond acceptors (Lipinski definition) is 6. The van der Waals surface area contributed by atoms with Crippen LogP contribution in [0.15, 0.2) is 60.8 Å². The van der Waals surface area contributed by atoms with E-state index in [2.05, 4.69) is 15.2 Å². The molecule has 1 aliphatic carbocycles. The Kier molecular flexibility index (Phi) is 8.14. The molecule has 2 aromatic carbocycles. The van der Waals surface area contributed by atoms with Gasteiger partial charge in [0.25, 0.3) is 11.8 Å². The average Bonchev–Trinajstić information content (AvgIpc) is 3.73. The molecule has 4 bridgehead atoms. The molecule has 42 heavy (non-hydrogen) atoms. The summed E-state index contributed by atoms with van der Waals surface area (Å²) in [6.45, 7) is 1.55. The van der Waals surface area contributed by atoms with Gasteiger partial charge in [0.1, 0.15) is 22.9 Å². The highest BCUT2D eigenvalue weighted by Gasteiger charge is 2.35. The molecule has 10 heteroatoms. The van der Waals surface area contributed by atoms with E-state index >= 15 is 0 Å². The first-order valence-electron chi connectivity index (χ1n) is 14.6. The van der Waals surface area contributed by atoms with Gasteiger partial charge in [0, 0.05) is 49.9 Å². The fourth-order valence-corrected chi connectivity index (χ4v) is 5.61. The summed E-state index contributed by atoms with van der Waals surface area (Å²) in [5, 5.41) is 6.00. The van der Waals surface area contributed by atoms with Crippen LogP contribution in [0, 0.1) is 0 Å². The van der Waals surface area contributed by atoms with Crippen molar-refractivity contribution in [3.63, 3.8) is 0 Å². The van der Waals surface area contributed by atoms with Crippen molar-refractivity contribution in [2.75, 3.05) is 26.7 Å². The van der Waals surface area contributed by atoms with Crippen molar-refractivity contribution in [1.82, 2.24) is 20.1 Å². The van der Waals surface area contributed by atoms with Crippen LogP contribution >= 0.6 is 0 Å². The lowest BCUT2D eigenvalue weighted by Crippen LogP contribution is -2.57. The number of amides is 3. The SMILES string of the molecule is COc1cc2cc(c1)C(=O)NCCCC(=O)N[C@H]1CN(C(=O)c3cccn3C3CC3)CC[C@@H]1OCc1cccc(c1)O2. The lowest BCUT2D eigenvalue weighted by molar-refractivity contribution is -0.124. The number of aromatic nitrogens is 1. The summed E-state index contributed by atoms with van der Waals surface area (Å²) in [6.07, 6.45) is 5.19. The van der Waals surface area contributed by atoms with Gasteiger partial charge in [-0.1, -0.05) is 12.1 Å². The van der Waals surface area contributed by atoms with Gasteiger partial charge in [-0.2, -0.15) is 0 Å². The van der Waals surface area contributed by atoms with Crippen LogP contribution in [0.5, 0.6) is 17.2 Å². The first-order valence-corrected chi connectivity index (χ1v) is 14.6. The van der Waals surface area contributed by atoms with Crippen molar-refractivity contribution >= 4 is 17.7 Å². The topological polar surface area (TPSA) is 111 Å². The van der Waals surface area contributed by atoms with Gasteiger partial charge in [0.2, 0.25) is 5.91 Å². The molecule has 6 rings (SSSR count). The Labute approximate surface area is 244 Å². The monoisotopic (exact) mass is 572 g/mol. The zero-order valence-corrected chi connectivity index (χ0v) is 23.7. The second-order valence-corrected chi connectivity index (χ2v) is 11.1. The Bertz CT molecular complexity index is 1460. The number of rotatable bonds is 3. The number of likely N-dealkylation sites (tertiary alicyclic amines) is 1. The van der Waals surface area contributed by atoms with Crippen molar-refractivity contribution in [1.29, 1.82) is 0 Å². The first kappa shape index (κ1) is 27.8. The molecule has 2 N–H and O–H groups in total. The third-order valence-corrected chi connectivity index (χ3v) is 7.96. The number of fused-ring (bicyclic) bond motifs is 5. The highest BCUT2D eigenvalue weighted by Crippen LogP contribution is 2.36. The minimum absolute atomic E-state index is 0.0218. The van der Waals surface area contributed by atoms with Gasteiger partial charge >= 0.3 is 0 Å². The summed E-state index contributed by atoms with van der Waals surface area (Å²) < 4.78 is 19.9. The molecule has 10 nitrogen and oxygen atoms in total. The fraction of sp³-hybridized carbons (Fsp3) is 0.406. The smallest absolute Gasteiger partial charge is 0.270 e. The summed E-state index contributed by atoms with van der Waals surface area (Å²) >= 11 is 0. The maximum atomic E-state index is 13.5. The van der Waals surface area contributed by atoms with Crippen LogP contribution in [-0.2, 0) is 16.1 Å². The molecule has 0 spiro atoms. The number of carbonyl (C=O) groups is 3. The molecular weight excluding hydrogens is 536 g/mol. The Morgan fingerprint density at radius 1 is 1.02 bits per heavy atom. The van der Waals surface area contributed by atoms with Crippen molar-refractivity contribution < 1.29 is 28.6 Å². The Morgan fingerprint density at radius 2 is 1.90 bits per heavy atom. The maximum Gasteiger partial charge on any atom is 0.270 e. The zero-order valence-electron chi connectivity index (χ0n) is 23.7. The van der Waals surface area contributed by atoms with Crippen molar-refractivity contribution in [3.05, 3.63) is 77.6 Å². The van der Waals surface area contributed by atoms with Crippen LogP contribution in [0.2, 0.25) is 0 Å².